The Bertz CT molecular complexity index is 919. The zero-order chi connectivity index (χ0) is 18.5. The zero-order valence-corrected chi connectivity index (χ0v) is 15.6. The van der Waals surface area contributed by atoms with Gasteiger partial charge in [-0.15, -0.1) is 0 Å². The molecule has 0 unspecified atom stereocenters. The predicted molar refractivity (Wildman–Crippen MR) is 109 cm³/mol. The molecule has 0 aliphatic carbocycles. The number of hydrogen-bond donors (Lipinski definition) is 0. The van der Waals surface area contributed by atoms with E-state index in [2.05, 4.69) is 84.7 Å². The summed E-state index contributed by atoms with van der Waals surface area (Å²) in [6, 6.07) is 21.2. The van der Waals surface area contributed by atoms with Crippen molar-refractivity contribution in [2.75, 3.05) is 6.61 Å². The minimum absolute atomic E-state index is 0.403. The zero-order valence-electron chi connectivity index (χ0n) is 15.6. The second-order valence-corrected chi connectivity index (χ2v) is 6.33. The molecule has 0 spiro atoms. The van der Waals surface area contributed by atoms with E-state index >= 15 is 0 Å². The van der Waals surface area contributed by atoms with Crippen molar-refractivity contribution in [3.8, 4) is 16.9 Å². The molecule has 132 valence electrons. The van der Waals surface area contributed by atoms with Crippen LogP contribution < -0.4 is 0 Å². The van der Waals surface area contributed by atoms with Crippen LogP contribution in [0.1, 0.15) is 23.7 Å². The highest BCUT2D eigenvalue weighted by molar-refractivity contribution is 6.01. The summed E-state index contributed by atoms with van der Waals surface area (Å²) < 4.78 is 2.27. The Morgan fingerprint density at radius 1 is 1.08 bits per heavy atom. The van der Waals surface area contributed by atoms with Crippen molar-refractivity contribution in [2.45, 2.75) is 20.8 Å². The van der Waals surface area contributed by atoms with Crippen LogP contribution in [0, 0.1) is 13.8 Å². The van der Waals surface area contributed by atoms with Crippen LogP contribution in [0.2, 0.25) is 0 Å². The molecule has 0 atom stereocenters. The fraction of sp³-hybridized carbons (Fsp3) is 0.174. The summed E-state index contributed by atoms with van der Waals surface area (Å²) in [5.41, 5.74) is 7.76. The first-order chi connectivity index (χ1) is 12.6. The lowest BCUT2D eigenvalue weighted by Crippen LogP contribution is -2.02. The van der Waals surface area contributed by atoms with Gasteiger partial charge in [0.15, 0.2) is 0 Å². The van der Waals surface area contributed by atoms with E-state index in [1.165, 1.54) is 11.1 Å². The molecule has 0 amide bonds. The molecule has 3 heteroatoms. The Labute approximate surface area is 155 Å². The molecule has 0 saturated carbocycles. The molecule has 0 fully saturated rings. The van der Waals surface area contributed by atoms with Crippen molar-refractivity contribution in [3.63, 3.8) is 0 Å². The molecule has 0 bridgehead atoms. The topological polar surface area (TPSA) is 26.5 Å². The van der Waals surface area contributed by atoms with Gasteiger partial charge in [0.2, 0.25) is 0 Å². The lowest BCUT2D eigenvalue weighted by atomic mass is 10.1. The Morgan fingerprint density at radius 2 is 1.77 bits per heavy atom. The molecule has 1 heterocycles. The van der Waals surface area contributed by atoms with Gasteiger partial charge in [0.05, 0.1) is 11.4 Å². The summed E-state index contributed by atoms with van der Waals surface area (Å²) in [4.78, 5) is 5.29. The number of hydrogen-bond acceptors (Lipinski definition) is 2. The van der Waals surface area contributed by atoms with Gasteiger partial charge in [0, 0.05) is 16.9 Å². The van der Waals surface area contributed by atoms with Crippen molar-refractivity contribution in [1.82, 2.24) is 4.57 Å². The monoisotopic (exact) mass is 344 g/mol. The Hall–Kier alpha value is -3.07. The third-order valence-electron chi connectivity index (χ3n) is 4.39. The smallest absolute Gasteiger partial charge is 0.135 e. The second-order valence-electron chi connectivity index (χ2n) is 6.33. The molecule has 0 saturated heterocycles. The average molecular weight is 344 g/mol. The van der Waals surface area contributed by atoms with E-state index in [-0.39, 0.29) is 0 Å². The van der Waals surface area contributed by atoms with Crippen molar-refractivity contribution in [3.05, 3.63) is 90.1 Å². The fourth-order valence-corrected chi connectivity index (χ4v) is 3.06. The largest absolute Gasteiger partial charge is 0.391 e. The summed E-state index contributed by atoms with van der Waals surface area (Å²) in [5.74, 6) is 0. The average Bonchev–Trinajstić information content (AvgIpc) is 3.01. The molecular weight excluding hydrogens is 320 g/mol. The van der Waals surface area contributed by atoms with Crippen LogP contribution in [0.4, 0.5) is 0 Å². The standard InChI is InChI=1S/C23H24N2O/c1-5-15-26-24-18(3)22-16-23(20-9-7-6-8-10-20)25(19(22)4)21-13-11-17(2)12-14-21/h5-14,16H,1,15H2,2-4H3/b24-18-. The van der Waals surface area contributed by atoms with Crippen molar-refractivity contribution >= 4 is 5.71 Å². The highest BCUT2D eigenvalue weighted by Gasteiger charge is 2.16. The van der Waals surface area contributed by atoms with Crippen LogP contribution >= 0.6 is 0 Å². The van der Waals surface area contributed by atoms with Crippen LogP contribution in [0.15, 0.2) is 78.5 Å². The van der Waals surface area contributed by atoms with Gasteiger partial charge >= 0.3 is 0 Å². The second kappa shape index (κ2) is 7.87. The van der Waals surface area contributed by atoms with E-state index < -0.39 is 0 Å². The van der Waals surface area contributed by atoms with Gasteiger partial charge < -0.3 is 9.40 Å². The fourth-order valence-electron chi connectivity index (χ4n) is 3.06. The predicted octanol–water partition coefficient (Wildman–Crippen LogP) is 5.69. The van der Waals surface area contributed by atoms with E-state index in [4.69, 9.17) is 4.84 Å². The maximum Gasteiger partial charge on any atom is 0.135 e. The van der Waals surface area contributed by atoms with Crippen LogP contribution in [-0.4, -0.2) is 16.9 Å². The van der Waals surface area contributed by atoms with Gasteiger partial charge in [0.25, 0.3) is 0 Å². The van der Waals surface area contributed by atoms with Crippen LogP contribution in [0.5, 0.6) is 0 Å². The van der Waals surface area contributed by atoms with Crippen LogP contribution in [0.3, 0.4) is 0 Å². The van der Waals surface area contributed by atoms with Gasteiger partial charge in [-0.2, -0.15) is 0 Å². The molecular formula is C23H24N2O. The van der Waals surface area contributed by atoms with Crippen molar-refractivity contribution in [2.24, 2.45) is 5.16 Å². The van der Waals surface area contributed by atoms with Crippen LogP contribution in [-0.2, 0) is 4.84 Å². The Balaban J connectivity index is 2.16. The number of rotatable bonds is 6. The lowest BCUT2D eigenvalue weighted by molar-refractivity contribution is 0.175. The summed E-state index contributed by atoms with van der Waals surface area (Å²) in [6.07, 6.45) is 1.69. The third-order valence-corrected chi connectivity index (χ3v) is 4.39. The molecule has 3 aromatic rings. The summed E-state index contributed by atoms with van der Waals surface area (Å²) in [5, 5.41) is 4.23. The quantitative estimate of drug-likeness (QED) is 0.244. The van der Waals surface area contributed by atoms with E-state index in [0.717, 1.165) is 28.4 Å². The van der Waals surface area contributed by atoms with E-state index in [1.54, 1.807) is 6.08 Å². The van der Waals surface area contributed by atoms with Crippen molar-refractivity contribution in [1.29, 1.82) is 0 Å². The van der Waals surface area contributed by atoms with E-state index in [0.29, 0.717) is 6.61 Å². The Morgan fingerprint density at radius 3 is 2.42 bits per heavy atom. The van der Waals surface area contributed by atoms with Gasteiger partial charge in [0.1, 0.15) is 6.61 Å². The molecule has 1 aromatic heterocycles. The molecule has 0 radical (unpaired) electrons. The maximum absolute atomic E-state index is 5.29. The van der Waals surface area contributed by atoms with Gasteiger partial charge in [-0.3, -0.25) is 0 Å². The first kappa shape index (κ1) is 17.7. The number of benzene rings is 2. The summed E-state index contributed by atoms with van der Waals surface area (Å²) >= 11 is 0. The van der Waals surface area contributed by atoms with Gasteiger partial charge in [-0.1, -0.05) is 65.8 Å². The first-order valence-electron chi connectivity index (χ1n) is 8.74. The minimum atomic E-state index is 0.403. The summed E-state index contributed by atoms with van der Waals surface area (Å²) in [7, 11) is 0. The van der Waals surface area contributed by atoms with E-state index in [1.807, 2.05) is 13.0 Å². The highest BCUT2D eigenvalue weighted by Crippen LogP contribution is 2.30. The molecule has 26 heavy (non-hydrogen) atoms. The maximum atomic E-state index is 5.29. The normalized spacial score (nSPS) is 11.4. The molecule has 0 aliphatic rings. The third kappa shape index (κ3) is 3.62. The molecule has 2 aromatic carbocycles. The minimum Gasteiger partial charge on any atom is -0.391 e. The van der Waals surface area contributed by atoms with E-state index in [9.17, 15) is 0 Å². The highest BCUT2D eigenvalue weighted by atomic mass is 16.6. The number of aromatic nitrogens is 1. The number of aryl methyl sites for hydroxylation is 1. The van der Waals surface area contributed by atoms with Crippen molar-refractivity contribution < 1.29 is 4.84 Å². The summed E-state index contributed by atoms with van der Waals surface area (Å²) in [6.45, 7) is 10.2. The van der Waals surface area contributed by atoms with Gasteiger partial charge in [-0.25, -0.2) is 0 Å². The SMILES string of the molecule is C=CCO/N=C(/C)c1cc(-c2ccccc2)n(-c2ccc(C)cc2)c1C. The molecule has 0 N–H and O–H groups in total. The molecule has 0 aliphatic heterocycles. The Kier molecular flexibility index (Phi) is 5.37. The first-order valence-corrected chi connectivity index (χ1v) is 8.74. The molecule has 3 rings (SSSR count). The van der Waals surface area contributed by atoms with Gasteiger partial charge in [-0.05, 0) is 44.5 Å². The number of oxime groups is 1. The lowest BCUT2D eigenvalue weighted by Gasteiger charge is -2.13. The number of nitrogens with zero attached hydrogens (tertiary/aromatic N) is 2. The van der Waals surface area contributed by atoms with Crippen LogP contribution in [0.25, 0.3) is 16.9 Å². The molecule has 3 nitrogen and oxygen atoms in total.